The summed E-state index contributed by atoms with van der Waals surface area (Å²) in [6, 6.07) is 7.48. The normalized spacial score (nSPS) is 13.8. The molecule has 1 aliphatic heterocycles. The third kappa shape index (κ3) is 2.42. The lowest BCUT2D eigenvalue weighted by Gasteiger charge is -2.13. The van der Waals surface area contributed by atoms with Crippen molar-refractivity contribution in [3.63, 3.8) is 0 Å². The molecular formula is C13H12FN3O2. The van der Waals surface area contributed by atoms with E-state index in [-0.39, 0.29) is 18.3 Å². The van der Waals surface area contributed by atoms with Gasteiger partial charge in [-0.2, -0.15) is 5.10 Å². The molecule has 1 aromatic carbocycles. The van der Waals surface area contributed by atoms with Gasteiger partial charge in [0.25, 0.3) is 5.91 Å². The number of nitrogens with one attached hydrogen (secondary N) is 1. The van der Waals surface area contributed by atoms with E-state index in [0.717, 1.165) is 0 Å². The van der Waals surface area contributed by atoms with E-state index in [2.05, 4.69) is 10.4 Å². The van der Waals surface area contributed by atoms with Gasteiger partial charge in [-0.15, -0.1) is 0 Å². The summed E-state index contributed by atoms with van der Waals surface area (Å²) in [6.45, 7) is 1.50. The Kier molecular flexibility index (Phi) is 2.91. The van der Waals surface area contributed by atoms with Crippen LogP contribution in [0.2, 0.25) is 0 Å². The summed E-state index contributed by atoms with van der Waals surface area (Å²) in [6.07, 6.45) is 0. The van der Waals surface area contributed by atoms with Gasteiger partial charge in [0.15, 0.2) is 0 Å². The van der Waals surface area contributed by atoms with E-state index in [4.69, 9.17) is 4.74 Å². The lowest BCUT2D eigenvalue weighted by molar-refractivity contribution is 0.0924. The molecule has 3 rings (SSSR count). The van der Waals surface area contributed by atoms with Gasteiger partial charge >= 0.3 is 0 Å². The molecule has 0 saturated heterocycles. The number of hydrogen-bond donors (Lipinski definition) is 1. The molecule has 0 atom stereocenters. The molecule has 2 heterocycles. The number of amides is 1. The van der Waals surface area contributed by atoms with Gasteiger partial charge in [-0.3, -0.25) is 9.48 Å². The maximum absolute atomic E-state index is 12.7. The Morgan fingerprint density at radius 2 is 2.16 bits per heavy atom. The van der Waals surface area contributed by atoms with Crippen LogP contribution in [0.4, 0.5) is 4.39 Å². The highest BCUT2D eigenvalue weighted by atomic mass is 19.1. The molecule has 19 heavy (non-hydrogen) atoms. The Bertz CT molecular complexity index is 607. The van der Waals surface area contributed by atoms with Crippen LogP contribution in [0.5, 0.6) is 5.75 Å². The number of carbonyl (C=O) groups is 1. The standard InChI is InChI=1S/C13H12FN3O2/c14-9-1-3-11(4-2-9)19-8-10-7-12-13(18)15-5-6-17(12)16-10/h1-4,7H,5-6,8H2,(H,15,18). The average Bonchev–Trinajstić information content (AvgIpc) is 2.83. The Morgan fingerprint density at radius 3 is 2.89 bits per heavy atom. The highest BCUT2D eigenvalue weighted by Gasteiger charge is 2.19. The molecule has 0 fully saturated rings. The Balaban J connectivity index is 1.70. The first-order valence-corrected chi connectivity index (χ1v) is 5.96. The number of fused-ring (bicyclic) bond motifs is 1. The summed E-state index contributed by atoms with van der Waals surface area (Å²) in [7, 11) is 0. The second-order valence-electron chi connectivity index (χ2n) is 4.24. The lowest BCUT2D eigenvalue weighted by atomic mass is 10.3. The Morgan fingerprint density at radius 1 is 1.37 bits per heavy atom. The molecule has 98 valence electrons. The zero-order chi connectivity index (χ0) is 13.2. The van der Waals surface area contributed by atoms with Crippen molar-refractivity contribution >= 4 is 5.91 Å². The van der Waals surface area contributed by atoms with Crippen LogP contribution < -0.4 is 10.1 Å². The zero-order valence-corrected chi connectivity index (χ0v) is 10.1. The third-order valence-electron chi connectivity index (χ3n) is 2.87. The minimum absolute atomic E-state index is 0.119. The summed E-state index contributed by atoms with van der Waals surface area (Å²) in [5, 5.41) is 7.04. The van der Waals surface area contributed by atoms with Crippen LogP contribution >= 0.6 is 0 Å². The molecule has 1 N–H and O–H groups in total. The van der Waals surface area contributed by atoms with Crippen molar-refractivity contribution in [3.8, 4) is 5.75 Å². The minimum atomic E-state index is -0.304. The predicted molar refractivity (Wildman–Crippen MR) is 65.3 cm³/mol. The number of carbonyl (C=O) groups excluding carboxylic acids is 1. The fourth-order valence-electron chi connectivity index (χ4n) is 1.95. The molecule has 0 aliphatic carbocycles. The van der Waals surface area contributed by atoms with Crippen molar-refractivity contribution in [2.45, 2.75) is 13.2 Å². The van der Waals surface area contributed by atoms with Gasteiger partial charge in [-0.05, 0) is 30.3 Å². The molecule has 5 nitrogen and oxygen atoms in total. The van der Waals surface area contributed by atoms with Crippen LogP contribution in [0.15, 0.2) is 30.3 Å². The van der Waals surface area contributed by atoms with Gasteiger partial charge in [-0.1, -0.05) is 0 Å². The smallest absolute Gasteiger partial charge is 0.269 e. The molecule has 6 heteroatoms. The molecule has 1 amide bonds. The number of nitrogens with zero attached hydrogens (tertiary/aromatic N) is 2. The maximum atomic E-state index is 12.7. The molecule has 0 bridgehead atoms. The van der Waals surface area contributed by atoms with Crippen molar-refractivity contribution in [1.82, 2.24) is 15.1 Å². The molecule has 0 spiro atoms. The summed E-state index contributed by atoms with van der Waals surface area (Å²) >= 11 is 0. The van der Waals surface area contributed by atoms with Crippen LogP contribution in [0.25, 0.3) is 0 Å². The van der Waals surface area contributed by atoms with Gasteiger partial charge in [0.1, 0.15) is 29.6 Å². The first-order valence-electron chi connectivity index (χ1n) is 5.96. The monoisotopic (exact) mass is 261 g/mol. The van der Waals surface area contributed by atoms with E-state index in [1.54, 1.807) is 22.9 Å². The van der Waals surface area contributed by atoms with Crippen LogP contribution in [0, 0.1) is 5.82 Å². The van der Waals surface area contributed by atoms with Crippen molar-refractivity contribution in [2.75, 3.05) is 6.54 Å². The molecule has 1 aliphatic rings. The first-order chi connectivity index (χ1) is 9.22. The van der Waals surface area contributed by atoms with Crippen LogP contribution in [0.1, 0.15) is 16.2 Å². The molecular weight excluding hydrogens is 249 g/mol. The van der Waals surface area contributed by atoms with E-state index in [1.807, 2.05) is 0 Å². The lowest BCUT2D eigenvalue weighted by Crippen LogP contribution is -2.35. The van der Waals surface area contributed by atoms with E-state index in [0.29, 0.717) is 30.2 Å². The summed E-state index contributed by atoms with van der Waals surface area (Å²) in [4.78, 5) is 11.6. The van der Waals surface area contributed by atoms with Crippen LogP contribution in [-0.4, -0.2) is 22.2 Å². The zero-order valence-electron chi connectivity index (χ0n) is 10.1. The van der Waals surface area contributed by atoms with Gasteiger partial charge in [0.2, 0.25) is 0 Å². The Labute approximate surface area is 109 Å². The van der Waals surface area contributed by atoms with Crippen molar-refractivity contribution in [2.24, 2.45) is 0 Å². The van der Waals surface area contributed by atoms with E-state index < -0.39 is 0 Å². The van der Waals surface area contributed by atoms with Crippen molar-refractivity contribution in [3.05, 3.63) is 47.5 Å². The highest BCUT2D eigenvalue weighted by Crippen LogP contribution is 2.14. The largest absolute Gasteiger partial charge is 0.487 e. The maximum Gasteiger partial charge on any atom is 0.269 e. The van der Waals surface area contributed by atoms with E-state index in [9.17, 15) is 9.18 Å². The van der Waals surface area contributed by atoms with Crippen molar-refractivity contribution in [1.29, 1.82) is 0 Å². The number of benzene rings is 1. The SMILES string of the molecule is O=C1NCCn2nc(COc3ccc(F)cc3)cc21. The van der Waals surface area contributed by atoms with Crippen LogP contribution in [0.3, 0.4) is 0 Å². The molecule has 0 unspecified atom stereocenters. The van der Waals surface area contributed by atoms with Gasteiger partial charge < -0.3 is 10.1 Å². The average molecular weight is 261 g/mol. The fraction of sp³-hybridized carbons (Fsp3) is 0.231. The predicted octanol–water partition coefficient (Wildman–Crippen LogP) is 1.34. The topological polar surface area (TPSA) is 56.2 Å². The number of hydrogen-bond acceptors (Lipinski definition) is 3. The minimum Gasteiger partial charge on any atom is -0.487 e. The molecule has 0 radical (unpaired) electrons. The molecule has 2 aromatic rings. The second-order valence-corrected chi connectivity index (χ2v) is 4.24. The van der Waals surface area contributed by atoms with E-state index in [1.165, 1.54) is 12.1 Å². The van der Waals surface area contributed by atoms with E-state index >= 15 is 0 Å². The number of ether oxygens (including phenoxy) is 1. The molecule has 0 saturated carbocycles. The summed E-state index contributed by atoms with van der Waals surface area (Å²) < 4.78 is 19.9. The third-order valence-corrected chi connectivity index (χ3v) is 2.87. The fourth-order valence-corrected chi connectivity index (χ4v) is 1.95. The number of rotatable bonds is 3. The van der Waals surface area contributed by atoms with Crippen molar-refractivity contribution < 1.29 is 13.9 Å². The number of aromatic nitrogens is 2. The molecule has 1 aromatic heterocycles. The van der Waals surface area contributed by atoms with Gasteiger partial charge in [0.05, 0.1) is 6.54 Å². The van der Waals surface area contributed by atoms with Crippen LogP contribution in [-0.2, 0) is 13.2 Å². The summed E-state index contributed by atoms with van der Waals surface area (Å²) in [5.41, 5.74) is 1.22. The first kappa shape index (κ1) is 11.7. The quantitative estimate of drug-likeness (QED) is 0.907. The van der Waals surface area contributed by atoms with Gasteiger partial charge in [-0.25, -0.2) is 4.39 Å². The van der Waals surface area contributed by atoms with Gasteiger partial charge in [0, 0.05) is 6.54 Å². The highest BCUT2D eigenvalue weighted by molar-refractivity contribution is 5.93. The number of halogens is 1. The Hall–Kier alpha value is -2.37. The summed E-state index contributed by atoms with van der Waals surface area (Å²) in [5.74, 6) is 0.144. The second kappa shape index (κ2) is 4.72.